The maximum absolute atomic E-state index is 13.0. The summed E-state index contributed by atoms with van der Waals surface area (Å²) >= 11 is 0. The van der Waals surface area contributed by atoms with Gasteiger partial charge in [-0.1, -0.05) is 26.7 Å². The molecule has 15 heavy (non-hydrogen) atoms. The molecule has 1 aliphatic rings. The highest BCUT2D eigenvalue weighted by Crippen LogP contribution is 2.38. The first-order valence-corrected chi connectivity index (χ1v) is 6.13. The average molecular weight is 219 g/mol. The van der Waals surface area contributed by atoms with Crippen molar-refractivity contribution >= 4 is 0 Å². The van der Waals surface area contributed by atoms with E-state index in [0.29, 0.717) is 24.7 Å². The van der Waals surface area contributed by atoms with E-state index in [1.54, 1.807) is 0 Å². The smallest absolute Gasteiger partial charge is 0.248 e. The summed E-state index contributed by atoms with van der Waals surface area (Å²) < 4.78 is 25.9. The minimum atomic E-state index is -2.43. The van der Waals surface area contributed by atoms with Crippen LogP contribution in [0.25, 0.3) is 0 Å². The molecule has 90 valence electrons. The number of alkyl halides is 2. The van der Waals surface area contributed by atoms with Crippen molar-refractivity contribution in [2.75, 3.05) is 0 Å². The van der Waals surface area contributed by atoms with Crippen LogP contribution in [0.1, 0.15) is 52.4 Å². The molecule has 2 N–H and O–H groups in total. The molecule has 0 bridgehead atoms. The molecule has 3 heteroatoms. The summed E-state index contributed by atoms with van der Waals surface area (Å²) in [6, 6.07) is 0.121. The summed E-state index contributed by atoms with van der Waals surface area (Å²) in [5.41, 5.74) is 6.16. The van der Waals surface area contributed by atoms with E-state index in [9.17, 15) is 8.78 Å². The van der Waals surface area contributed by atoms with Crippen molar-refractivity contribution in [3.63, 3.8) is 0 Å². The van der Waals surface area contributed by atoms with E-state index in [2.05, 4.69) is 13.8 Å². The molecule has 0 amide bonds. The molecule has 0 radical (unpaired) electrons. The Morgan fingerprint density at radius 2 is 1.67 bits per heavy atom. The highest BCUT2D eigenvalue weighted by atomic mass is 19.3. The fraction of sp³-hybridized carbons (Fsp3) is 1.00. The maximum Gasteiger partial charge on any atom is 0.248 e. The minimum Gasteiger partial charge on any atom is -0.327 e. The second-order valence-corrected chi connectivity index (χ2v) is 4.85. The quantitative estimate of drug-likeness (QED) is 0.768. The standard InChI is InChI=1S/C12H23F2N/c1-3-9(4-2)11(15)10-5-7-12(13,14)8-6-10/h9-11H,3-8,15H2,1-2H3. The second-order valence-electron chi connectivity index (χ2n) is 4.85. The van der Waals surface area contributed by atoms with Gasteiger partial charge in [0.2, 0.25) is 5.92 Å². The molecule has 0 aromatic rings. The monoisotopic (exact) mass is 219 g/mol. The lowest BCUT2D eigenvalue weighted by Gasteiger charge is -2.35. The first-order chi connectivity index (χ1) is 7.00. The van der Waals surface area contributed by atoms with Crippen LogP contribution in [-0.2, 0) is 0 Å². The Labute approximate surface area is 91.4 Å². The second kappa shape index (κ2) is 5.24. The van der Waals surface area contributed by atoms with E-state index in [0.717, 1.165) is 12.8 Å². The van der Waals surface area contributed by atoms with Crippen molar-refractivity contribution in [3.05, 3.63) is 0 Å². The van der Waals surface area contributed by atoms with Gasteiger partial charge in [-0.2, -0.15) is 0 Å². The molecule has 1 unspecified atom stereocenters. The van der Waals surface area contributed by atoms with Gasteiger partial charge in [-0.25, -0.2) is 8.78 Å². The molecule has 1 fully saturated rings. The fourth-order valence-electron chi connectivity index (χ4n) is 2.67. The molecule has 0 heterocycles. The van der Waals surface area contributed by atoms with Crippen LogP contribution in [-0.4, -0.2) is 12.0 Å². The van der Waals surface area contributed by atoms with Crippen LogP contribution in [0.2, 0.25) is 0 Å². The lowest BCUT2D eigenvalue weighted by atomic mass is 9.76. The molecule has 0 aliphatic heterocycles. The Hall–Kier alpha value is -0.180. The Morgan fingerprint density at radius 1 is 1.20 bits per heavy atom. The lowest BCUT2D eigenvalue weighted by molar-refractivity contribution is -0.0503. The third kappa shape index (κ3) is 3.40. The van der Waals surface area contributed by atoms with Gasteiger partial charge >= 0.3 is 0 Å². The van der Waals surface area contributed by atoms with E-state index >= 15 is 0 Å². The lowest BCUT2D eigenvalue weighted by Crippen LogP contribution is -2.40. The van der Waals surface area contributed by atoms with Crippen molar-refractivity contribution in [2.24, 2.45) is 17.6 Å². The molecule has 1 atom stereocenters. The zero-order chi connectivity index (χ0) is 11.5. The van der Waals surface area contributed by atoms with Gasteiger partial charge in [0.05, 0.1) is 0 Å². The van der Waals surface area contributed by atoms with Gasteiger partial charge in [0.1, 0.15) is 0 Å². The van der Waals surface area contributed by atoms with Gasteiger partial charge in [0, 0.05) is 18.9 Å². The van der Waals surface area contributed by atoms with Crippen molar-refractivity contribution in [3.8, 4) is 0 Å². The van der Waals surface area contributed by atoms with Crippen LogP contribution in [0.15, 0.2) is 0 Å². The Kier molecular flexibility index (Phi) is 4.50. The van der Waals surface area contributed by atoms with E-state index in [1.165, 1.54) is 0 Å². The zero-order valence-electron chi connectivity index (χ0n) is 9.81. The maximum atomic E-state index is 13.0. The highest BCUT2D eigenvalue weighted by molar-refractivity contribution is 4.86. The zero-order valence-corrected chi connectivity index (χ0v) is 9.81. The summed E-state index contributed by atoms with van der Waals surface area (Å²) in [6.07, 6.45) is 3.39. The SMILES string of the molecule is CCC(CC)C(N)C1CCC(F)(F)CC1. The highest BCUT2D eigenvalue weighted by Gasteiger charge is 2.37. The van der Waals surface area contributed by atoms with Crippen molar-refractivity contribution in [2.45, 2.75) is 64.3 Å². The predicted molar refractivity (Wildman–Crippen MR) is 59.0 cm³/mol. The number of hydrogen-bond donors (Lipinski definition) is 1. The summed E-state index contributed by atoms with van der Waals surface area (Å²) in [7, 11) is 0. The molecular formula is C12H23F2N. The van der Waals surface area contributed by atoms with Crippen LogP contribution in [0.5, 0.6) is 0 Å². The van der Waals surface area contributed by atoms with Gasteiger partial charge in [-0.05, 0) is 24.7 Å². The average Bonchev–Trinajstić information content (AvgIpc) is 2.19. The third-order valence-electron chi connectivity index (χ3n) is 3.90. The summed E-state index contributed by atoms with van der Waals surface area (Å²) in [6.45, 7) is 4.26. The number of nitrogens with two attached hydrogens (primary N) is 1. The van der Waals surface area contributed by atoms with Crippen molar-refractivity contribution < 1.29 is 8.78 Å². The van der Waals surface area contributed by atoms with Crippen LogP contribution < -0.4 is 5.73 Å². The first-order valence-electron chi connectivity index (χ1n) is 6.13. The summed E-state index contributed by atoms with van der Waals surface area (Å²) in [5.74, 6) is -1.61. The van der Waals surface area contributed by atoms with Crippen LogP contribution in [0, 0.1) is 11.8 Å². The molecule has 0 saturated heterocycles. The van der Waals surface area contributed by atoms with Gasteiger partial charge < -0.3 is 5.73 Å². The third-order valence-corrected chi connectivity index (χ3v) is 3.90. The summed E-state index contributed by atoms with van der Waals surface area (Å²) in [4.78, 5) is 0. The molecule has 0 aromatic carbocycles. The fourth-order valence-corrected chi connectivity index (χ4v) is 2.67. The van der Waals surface area contributed by atoms with Crippen LogP contribution >= 0.6 is 0 Å². The van der Waals surface area contributed by atoms with E-state index in [1.807, 2.05) is 0 Å². The van der Waals surface area contributed by atoms with Crippen LogP contribution in [0.3, 0.4) is 0 Å². The first kappa shape index (κ1) is 12.9. The minimum absolute atomic E-state index is 0.0332. The topological polar surface area (TPSA) is 26.0 Å². The van der Waals surface area contributed by atoms with Crippen molar-refractivity contribution in [1.82, 2.24) is 0 Å². The van der Waals surface area contributed by atoms with Gasteiger partial charge in [0.15, 0.2) is 0 Å². The molecule has 1 saturated carbocycles. The Balaban J connectivity index is 2.45. The molecule has 1 aliphatic carbocycles. The summed E-state index contributed by atoms with van der Waals surface area (Å²) in [5, 5.41) is 0. The molecular weight excluding hydrogens is 196 g/mol. The predicted octanol–water partition coefficient (Wildman–Crippen LogP) is 3.58. The van der Waals surface area contributed by atoms with E-state index < -0.39 is 5.92 Å². The van der Waals surface area contributed by atoms with Crippen LogP contribution in [0.4, 0.5) is 8.78 Å². The number of hydrogen-bond acceptors (Lipinski definition) is 1. The van der Waals surface area contributed by atoms with E-state index in [4.69, 9.17) is 5.73 Å². The number of rotatable bonds is 4. The molecule has 0 aromatic heterocycles. The Morgan fingerprint density at radius 3 is 2.07 bits per heavy atom. The largest absolute Gasteiger partial charge is 0.327 e. The van der Waals surface area contributed by atoms with Gasteiger partial charge in [-0.3, -0.25) is 0 Å². The Bertz CT molecular complexity index is 180. The molecule has 0 spiro atoms. The molecule has 1 rings (SSSR count). The van der Waals surface area contributed by atoms with Crippen molar-refractivity contribution in [1.29, 1.82) is 0 Å². The van der Waals surface area contributed by atoms with Gasteiger partial charge in [-0.15, -0.1) is 0 Å². The van der Waals surface area contributed by atoms with E-state index in [-0.39, 0.29) is 18.9 Å². The van der Waals surface area contributed by atoms with Gasteiger partial charge in [0.25, 0.3) is 0 Å². The number of halogens is 2. The normalized spacial score (nSPS) is 24.4. The molecule has 1 nitrogen and oxygen atoms in total.